The number of anilines is 1. The van der Waals surface area contributed by atoms with Crippen LogP contribution in [0.2, 0.25) is 0 Å². The van der Waals surface area contributed by atoms with Crippen LogP contribution < -0.4 is 16.2 Å². The number of aromatic nitrogens is 4. The van der Waals surface area contributed by atoms with Crippen LogP contribution in [0, 0.1) is 0 Å². The van der Waals surface area contributed by atoms with E-state index in [4.69, 9.17) is 0 Å². The largest absolute Gasteiger partial charge is 0.507 e. The summed E-state index contributed by atoms with van der Waals surface area (Å²) in [5.41, 5.74) is 7.54. The number of hydrogen-bond acceptors (Lipinski definition) is 8. The van der Waals surface area contributed by atoms with E-state index >= 15 is 0 Å². The Hall–Kier alpha value is -4.97. The summed E-state index contributed by atoms with van der Waals surface area (Å²) in [7, 11) is 0. The van der Waals surface area contributed by atoms with E-state index < -0.39 is 11.8 Å². The van der Waals surface area contributed by atoms with Crippen molar-refractivity contribution in [2.45, 2.75) is 5.03 Å². The molecule has 0 bridgehead atoms. The summed E-state index contributed by atoms with van der Waals surface area (Å²) in [6.45, 7) is 0. The molecule has 0 radical (unpaired) electrons. The summed E-state index contributed by atoms with van der Waals surface area (Å²) < 4.78 is 1.83. The summed E-state index contributed by atoms with van der Waals surface area (Å²) >= 11 is 1.24. The SMILES string of the molecule is O=C(CSc1nc2ccccc2n2cnnc12)Nc1ccc(C(=O)NNC(=O)c2ccccc2O)cc1. The summed E-state index contributed by atoms with van der Waals surface area (Å²) in [6, 6.07) is 19.7. The number of phenolic OH excluding ortho intramolecular Hbond substituents is 1. The molecular weight excluding hydrogens is 494 g/mol. The van der Waals surface area contributed by atoms with Gasteiger partial charge >= 0.3 is 0 Å². The third kappa shape index (κ3) is 5.18. The van der Waals surface area contributed by atoms with Gasteiger partial charge in [0.15, 0.2) is 5.65 Å². The second kappa shape index (κ2) is 10.3. The van der Waals surface area contributed by atoms with Crippen molar-refractivity contribution in [3.63, 3.8) is 0 Å². The van der Waals surface area contributed by atoms with Crippen molar-refractivity contribution < 1.29 is 19.5 Å². The van der Waals surface area contributed by atoms with Crippen LogP contribution in [0.15, 0.2) is 84.1 Å². The number of thioether (sulfide) groups is 1. The van der Waals surface area contributed by atoms with Gasteiger partial charge < -0.3 is 10.4 Å². The number of nitrogens with zero attached hydrogens (tertiary/aromatic N) is 4. The van der Waals surface area contributed by atoms with E-state index in [-0.39, 0.29) is 28.5 Å². The Labute approximate surface area is 213 Å². The number of carbonyl (C=O) groups excluding carboxylic acids is 3. The maximum absolute atomic E-state index is 12.5. The Morgan fingerprint density at radius 3 is 2.43 bits per heavy atom. The highest BCUT2D eigenvalue weighted by atomic mass is 32.2. The summed E-state index contributed by atoms with van der Waals surface area (Å²) in [5, 5.41) is 21.2. The van der Waals surface area contributed by atoms with Crippen molar-refractivity contribution in [2.24, 2.45) is 0 Å². The molecule has 2 heterocycles. The average Bonchev–Trinajstić information content (AvgIpc) is 3.41. The Kier molecular flexibility index (Phi) is 6.64. The fourth-order valence-electron chi connectivity index (χ4n) is 3.53. The minimum Gasteiger partial charge on any atom is -0.507 e. The van der Waals surface area contributed by atoms with Crippen molar-refractivity contribution in [1.29, 1.82) is 0 Å². The van der Waals surface area contributed by atoms with Gasteiger partial charge in [0.1, 0.15) is 17.1 Å². The molecule has 0 aliphatic rings. The van der Waals surface area contributed by atoms with Crippen LogP contribution in [0.3, 0.4) is 0 Å². The number of phenols is 1. The number of fused-ring (bicyclic) bond motifs is 3. The van der Waals surface area contributed by atoms with Gasteiger partial charge in [-0.2, -0.15) is 0 Å². The monoisotopic (exact) mass is 513 g/mol. The van der Waals surface area contributed by atoms with E-state index in [1.54, 1.807) is 30.6 Å². The molecule has 0 aliphatic heterocycles. The molecule has 3 amide bonds. The number of rotatable bonds is 6. The molecule has 0 atom stereocenters. The minimum atomic E-state index is -0.655. The van der Waals surface area contributed by atoms with Gasteiger partial charge in [0.2, 0.25) is 5.91 Å². The van der Waals surface area contributed by atoms with Crippen LogP contribution in [0.5, 0.6) is 5.75 Å². The Morgan fingerprint density at radius 2 is 1.62 bits per heavy atom. The molecule has 0 unspecified atom stereocenters. The van der Waals surface area contributed by atoms with E-state index in [9.17, 15) is 19.5 Å². The highest BCUT2D eigenvalue weighted by Gasteiger charge is 2.14. The fraction of sp³-hybridized carbons (Fsp3) is 0.0400. The molecule has 4 N–H and O–H groups in total. The molecule has 37 heavy (non-hydrogen) atoms. The van der Waals surface area contributed by atoms with E-state index in [1.807, 2.05) is 28.7 Å². The third-order valence-electron chi connectivity index (χ3n) is 5.31. The van der Waals surface area contributed by atoms with E-state index in [1.165, 1.54) is 36.0 Å². The van der Waals surface area contributed by atoms with Gasteiger partial charge in [0, 0.05) is 11.3 Å². The molecule has 0 aliphatic carbocycles. The van der Waals surface area contributed by atoms with E-state index in [0.717, 1.165) is 11.0 Å². The predicted molar refractivity (Wildman–Crippen MR) is 137 cm³/mol. The molecule has 12 heteroatoms. The first kappa shape index (κ1) is 23.8. The van der Waals surface area contributed by atoms with E-state index in [2.05, 4.69) is 31.3 Å². The number of benzene rings is 3. The zero-order valence-corrected chi connectivity index (χ0v) is 19.9. The van der Waals surface area contributed by atoms with Crippen molar-refractivity contribution in [3.8, 4) is 5.75 Å². The van der Waals surface area contributed by atoms with Crippen LogP contribution in [0.4, 0.5) is 5.69 Å². The number of aromatic hydroxyl groups is 1. The van der Waals surface area contributed by atoms with Crippen LogP contribution in [-0.4, -0.2) is 48.2 Å². The van der Waals surface area contributed by atoms with Crippen molar-refractivity contribution in [1.82, 2.24) is 30.4 Å². The molecular formula is C25H19N7O4S. The molecule has 11 nitrogen and oxygen atoms in total. The molecule has 0 saturated carbocycles. The zero-order valence-electron chi connectivity index (χ0n) is 19.1. The quantitative estimate of drug-likeness (QED) is 0.200. The van der Waals surface area contributed by atoms with Gasteiger partial charge in [-0.1, -0.05) is 36.0 Å². The first-order valence-electron chi connectivity index (χ1n) is 11.0. The number of para-hydroxylation sites is 3. The maximum Gasteiger partial charge on any atom is 0.273 e. The Balaban J connectivity index is 1.16. The van der Waals surface area contributed by atoms with Crippen LogP contribution in [0.1, 0.15) is 20.7 Å². The number of hydrazine groups is 1. The van der Waals surface area contributed by atoms with Crippen LogP contribution in [-0.2, 0) is 4.79 Å². The average molecular weight is 514 g/mol. The predicted octanol–water partition coefficient (Wildman–Crippen LogP) is 2.79. The smallest absolute Gasteiger partial charge is 0.273 e. The topological polar surface area (TPSA) is 151 Å². The molecule has 0 saturated heterocycles. The summed E-state index contributed by atoms with van der Waals surface area (Å²) in [4.78, 5) is 41.6. The van der Waals surface area contributed by atoms with Crippen molar-refractivity contribution in [3.05, 3.63) is 90.3 Å². The standard InChI is InChI=1S/C25H19N7O4S/c33-20-8-4-1-5-17(20)24(36)31-30-23(35)15-9-11-16(12-10-15)27-21(34)13-37-25-22-29-26-14-32(22)19-7-3-2-6-18(19)28-25/h1-12,14,33H,13H2,(H,27,34)(H,30,35)(H,31,36). The van der Waals surface area contributed by atoms with Gasteiger partial charge in [-0.25, -0.2) is 4.98 Å². The lowest BCUT2D eigenvalue weighted by Crippen LogP contribution is -2.41. The molecule has 0 fully saturated rings. The number of amides is 3. The molecule has 0 spiro atoms. The van der Waals surface area contributed by atoms with Gasteiger partial charge in [-0.05, 0) is 48.5 Å². The molecule has 5 rings (SSSR count). The van der Waals surface area contributed by atoms with Crippen LogP contribution >= 0.6 is 11.8 Å². The number of nitrogens with one attached hydrogen (secondary N) is 3. The molecule has 2 aromatic heterocycles. The second-order valence-corrected chi connectivity index (χ2v) is 8.73. The first-order chi connectivity index (χ1) is 18.0. The van der Waals surface area contributed by atoms with E-state index in [0.29, 0.717) is 16.4 Å². The fourth-order valence-corrected chi connectivity index (χ4v) is 4.30. The third-order valence-corrected chi connectivity index (χ3v) is 6.27. The highest BCUT2D eigenvalue weighted by Crippen LogP contribution is 2.24. The maximum atomic E-state index is 12.5. The summed E-state index contributed by atoms with van der Waals surface area (Å²) in [5.74, 6) is -1.58. The lowest BCUT2D eigenvalue weighted by molar-refractivity contribution is -0.113. The van der Waals surface area contributed by atoms with Gasteiger partial charge in [0.25, 0.3) is 11.8 Å². The lowest BCUT2D eigenvalue weighted by atomic mass is 10.2. The second-order valence-electron chi connectivity index (χ2n) is 7.77. The number of hydrogen-bond donors (Lipinski definition) is 4. The summed E-state index contributed by atoms with van der Waals surface area (Å²) in [6.07, 6.45) is 1.61. The molecule has 3 aromatic carbocycles. The lowest BCUT2D eigenvalue weighted by Gasteiger charge is -2.09. The van der Waals surface area contributed by atoms with Gasteiger partial charge in [-0.15, -0.1) is 10.2 Å². The minimum absolute atomic E-state index is 0.0300. The van der Waals surface area contributed by atoms with Crippen molar-refractivity contribution in [2.75, 3.05) is 11.1 Å². The zero-order chi connectivity index (χ0) is 25.8. The van der Waals surface area contributed by atoms with Gasteiger partial charge in [-0.3, -0.25) is 29.6 Å². The molecule has 184 valence electrons. The highest BCUT2D eigenvalue weighted by molar-refractivity contribution is 8.00. The number of carbonyl (C=O) groups is 3. The molecule has 5 aromatic rings. The first-order valence-corrected chi connectivity index (χ1v) is 12.0. The Morgan fingerprint density at radius 1 is 0.892 bits per heavy atom. The normalized spacial score (nSPS) is 10.8. The van der Waals surface area contributed by atoms with Crippen LogP contribution in [0.25, 0.3) is 16.7 Å². The van der Waals surface area contributed by atoms with Crippen molar-refractivity contribution >= 4 is 51.9 Å². The Bertz CT molecular complexity index is 1640. The van der Waals surface area contributed by atoms with Gasteiger partial charge in [0.05, 0.1) is 22.3 Å².